The van der Waals surface area contributed by atoms with Gasteiger partial charge in [0.25, 0.3) is 0 Å². The van der Waals surface area contributed by atoms with Crippen LogP contribution in [0.5, 0.6) is 0 Å². The third kappa shape index (κ3) is 7.91. The highest BCUT2D eigenvalue weighted by atomic mass is 35.7. The van der Waals surface area contributed by atoms with Gasteiger partial charge in [0.05, 0.1) is 11.5 Å². The van der Waals surface area contributed by atoms with E-state index in [-0.39, 0.29) is 12.3 Å². The quantitative estimate of drug-likeness (QED) is 0.231. The molecule has 1 N–H and O–H groups in total. The summed E-state index contributed by atoms with van der Waals surface area (Å²) < 4.78 is 0. The number of halogens is 1. The average Bonchev–Trinajstić information content (AvgIpc) is 2.63. The van der Waals surface area contributed by atoms with E-state index in [9.17, 15) is 10.1 Å². The second-order valence-electron chi connectivity index (χ2n) is 3.89. The standard InChI is InChI=1S/C7H5ClN2S.C7H8N2O3S2/c1-2-9-6-4-3-5-10-7(6)11-8;10-4-5-13-14-7-6(9(11)12)2-1-3-8-7/h3-5H,1H2;1-3,10H,4-5H2. The minimum absolute atomic E-state index is 0.00272. The zero-order valence-electron chi connectivity index (χ0n) is 12.7. The second kappa shape index (κ2) is 12.8. The highest BCUT2D eigenvalue weighted by molar-refractivity contribution is 8.76. The summed E-state index contributed by atoms with van der Waals surface area (Å²) in [4.78, 5) is 21.8. The number of nitro groups is 1. The Balaban J connectivity index is 0.000000257. The molecule has 0 radical (unpaired) electrons. The molecule has 0 aliphatic heterocycles. The van der Waals surface area contributed by atoms with Gasteiger partial charge in [0, 0.05) is 35.2 Å². The fourth-order valence-corrected chi connectivity index (χ4v) is 3.78. The first-order valence-corrected chi connectivity index (χ1v) is 10.6. The fraction of sp³-hybridized carbons (Fsp3) is 0.143. The van der Waals surface area contributed by atoms with Crippen LogP contribution in [-0.4, -0.2) is 38.2 Å². The van der Waals surface area contributed by atoms with Gasteiger partial charge in [-0.2, -0.15) is 0 Å². The normalized spacial score (nSPS) is 9.52. The first kappa shape index (κ1) is 21.5. The lowest BCUT2D eigenvalue weighted by Crippen LogP contribution is -1.92. The third-order valence-corrected chi connectivity index (χ3v) is 5.45. The molecule has 0 atom stereocenters. The summed E-state index contributed by atoms with van der Waals surface area (Å²) in [7, 11) is 9.09. The first-order chi connectivity index (χ1) is 12.1. The molecule has 11 heteroatoms. The summed E-state index contributed by atoms with van der Waals surface area (Å²) in [6.45, 7) is 3.41. The first-order valence-electron chi connectivity index (χ1n) is 6.60. The van der Waals surface area contributed by atoms with Crippen LogP contribution < -0.4 is 0 Å². The molecule has 25 heavy (non-hydrogen) atoms. The van der Waals surface area contributed by atoms with Crippen molar-refractivity contribution in [2.45, 2.75) is 10.1 Å². The number of hydrogen-bond acceptors (Lipinski definition) is 9. The van der Waals surface area contributed by atoms with Gasteiger partial charge in [0.15, 0.2) is 5.03 Å². The number of aromatic nitrogens is 2. The maximum Gasteiger partial charge on any atom is 0.302 e. The van der Waals surface area contributed by atoms with Crippen LogP contribution in [0.25, 0.3) is 0 Å². The summed E-state index contributed by atoms with van der Waals surface area (Å²) in [5.41, 5.74) is 0.699. The Hall–Kier alpha value is -1.55. The van der Waals surface area contributed by atoms with Gasteiger partial charge >= 0.3 is 5.69 Å². The van der Waals surface area contributed by atoms with Gasteiger partial charge in [0.2, 0.25) is 0 Å². The van der Waals surface area contributed by atoms with E-state index in [1.807, 2.05) is 0 Å². The van der Waals surface area contributed by atoms with Gasteiger partial charge in [0.1, 0.15) is 10.7 Å². The number of hydrogen-bond donors (Lipinski definition) is 1. The average molecular weight is 417 g/mol. The minimum Gasteiger partial charge on any atom is -0.395 e. The molecule has 0 saturated heterocycles. The molecular formula is C14H13ClN4O3S3. The van der Waals surface area contributed by atoms with E-state index in [2.05, 4.69) is 27.4 Å². The van der Waals surface area contributed by atoms with Gasteiger partial charge in [-0.1, -0.05) is 10.8 Å². The smallest absolute Gasteiger partial charge is 0.302 e. The summed E-state index contributed by atoms with van der Waals surface area (Å²) >= 11 is 0. The van der Waals surface area contributed by atoms with Gasteiger partial charge in [-0.25, -0.2) is 15.0 Å². The van der Waals surface area contributed by atoms with Crippen LogP contribution in [0.2, 0.25) is 0 Å². The van der Waals surface area contributed by atoms with E-state index in [0.717, 1.165) is 11.0 Å². The number of aliphatic hydroxyl groups excluding tert-OH is 1. The SMILES string of the molecule is C=C=Nc1cccnc1SCl.O=[N+]([O-])c1cccnc1SSCCO. The van der Waals surface area contributed by atoms with Crippen molar-refractivity contribution < 1.29 is 10.0 Å². The Labute approximate surface area is 161 Å². The fourth-order valence-electron chi connectivity index (χ4n) is 1.33. The Morgan fingerprint density at radius 3 is 2.60 bits per heavy atom. The van der Waals surface area contributed by atoms with E-state index in [4.69, 9.17) is 15.8 Å². The van der Waals surface area contributed by atoms with Crippen LogP contribution in [0.4, 0.5) is 11.4 Å². The minimum atomic E-state index is -0.463. The third-order valence-electron chi connectivity index (χ3n) is 2.28. The number of pyridine rings is 2. The maximum atomic E-state index is 10.5. The largest absolute Gasteiger partial charge is 0.395 e. The van der Waals surface area contributed by atoms with Crippen LogP contribution in [0.3, 0.4) is 0 Å². The molecule has 0 aliphatic rings. The van der Waals surface area contributed by atoms with Crippen molar-refractivity contribution in [2.75, 3.05) is 12.4 Å². The van der Waals surface area contributed by atoms with E-state index >= 15 is 0 Å². The number of nitrogens with zero attached hydrogens (tertiary/aromatic N) is 4. The molecule has 0 amide bonds. The molecular weight excluding hydrogens is 404 g/mol. The summed E-state index contributed by atoms with van der Waals surface area (Å²) in [6.07, 6.45) is 3.17. The molecule has 0 aromatic carbocycles. The van der Waals surface area contributed by atoms with Crippen molar-refractivity contribution in [3.8, 4) is 0 Å². The van der Waals surface area contributed by atoms with Crippen molar-refractivity contribution >= 4 is 60.5 Å². The maximum absolute atomic E-state index is 10.5. The lowest BCUT2D eigenvalue weighted by atomic mass is 10.4. The zero-order valence-corrected chi connectivity index (χ0v) is 15.9. The topological polar surface area (TPSA) is 102 Å². The predicted octanol–water partition coefficient (Wildman–Crippen LogP) is 4.54. The zero-order chi connectivity index (χ0) is 18.5. The highest BCUT2D eigenvalue weighted by Gasteiger charge is 2.14. The molecule has 0 aliphatic carbocycles. The van der Waals surface area contributed by atoms with Crippen LogP contribution >= 0.6 is 43.2 Å². The number of aliphatic imine (C=N–C) groups is 1. The molecule has 2 aromatic heterocycles. The molecule has 0 fully saturated rings. The van der Waals surface area contributed by atoms with E-state index in [1.165, 1.54) is 39.9 Å². The van der Waals surface area contributed by atoms with Gasteiger partial charge in [-0.3, -0.25) is 10.1 Å². The van der Waals surface area contributed by atoms with E-state index in [1.54, 1.807) is 18.3 Å². The highest BCUT2D eigenvalue weighted by Crippen LogP contribution is 2.34. The molecule has 7 nitrogen and oxygen atoms in total. The van der Waals surface area contributed by atoms with Crippen LogP contribution in [0.1, 0.15) is 0 Å². The number of rotatable bonds is 7. The van der Waals surface area contributed by atoms with Crippen molar-refractivity contribution in [3.05, 3.63) is 53.4 Å². The molecule has 0 saturated carbocycles. The molecule has 2 heterocycles. The van der Waals surface area contributed by atoms with Gasteiger partial charge < -0.3 is 5.11 Å². The van der Waals surface area contributed by atoms with E-state index < -0.39 is 4.92 Å². The van der Waals surface area contributed by atoms with E-state index in [0.29, 0.717) is 21.5 Å². The van der Waals surface area contributed by atoms with Crippen molar-refractivity contribution in [1.82, 2.24) is 9.97 Å². The van der Waals surface area contributed by atoms with Crippen molar-refractivity contribution in [1.29, 1.82) is 0 Å². The summed E-state index contributed by atoms with van der Waals surface area (Å²) in [5, 5.41) is 20.1. The second-order valence-corrected chi connectivity index (χ2v) is 7.30. The van der Waals surface area contributed by atoms with Crippen LogP contribution in [0.15, 0.2) is 58.3 Å². The number of aliphatic hydroxyl groups is 1. The summed E-state index contributed by atoms with van der Waals surface area (Å²) in [6, 6.07) is 6.52. The van der Waals surface area contributed by atoms with Crippen molar-refractivity contribution in [3.63, 3.8) is 0 Å². The Morgan fingerprint density at radius 1 is 1.32 bits per heavy atom. The Bertz CT molecular complexity index is 745. The van der Waals surface area contributed by atoms with Crippen molar-refractivity contribution in [2.24, 2.45) is 4.99 Å². The van der Waals surface area contributed by atoms with Gasteiger partial charge in [-0.15, -0.1) is 0 Å². The predicted molar refractivity (Wildman–Crippen MR) is 105 cm³/mol. The Morgan fingerprint density at radius 2 is 2.00 bits per heavy atom. The van der Waals surface area contributed by atoms with Crippen LogP contribution in [0, 0.1) is 10.1 Å². The molecule has 2 aromatic rings. The molecule has 0 bridgehead atoms. The molecule has 0 spiro atoms. The molecule has 2 rings (SSSR count). The lowest BCUT2D eigenvalue weighted by Gasteiger charge is -1.99. The Kier molecular flexibility index (Phi) is 11.0. The summed E-state index contributed by atoms with van der Waals surface area (Å²) in [5.74, 6) is 2.95. The molecule has 0 unspecified atom stereocenters. The monoisotopic (exact) mass is 416 g/mol. The van der Waals surface area contributed by atoms with Gasteiger partial charge in [-0.05, 0) is 52.1 Å². The van der Waals surface area contributed by atoms with Crippen LogP contribution in [-0.2, 0) is 0 Å². The lowest BCUT2D eigenvalue weighted by molar-refractivity contribution is -0.388. The molecule has 132 valence electrons.